The smallest absolute Gasteiger partial charge is 0.124 e. The summed E-state index contributed by atoms with van der Waals surface area (Å²) in [6, 6.07) is 18.8. The summed E-state index contributed by atoms with van der Waals surface area (Å²) < 4.78 is 0. The minimum absolute atomic E-state index is 0.889. The predicted octanol–water partition coefficient (Wildman–Crippen LogP) is 5.37. The van der Waals surface area contributed by atoms with E-state index in [0.29, 0.717) is 0 Å². The molecule has 94 valence electrons. The molecular weight excluding hydrogens is 318 g/mol. The molecule has 2 aromatic carbocycles. The second kappa shape index (κ2) is 5.68. The van der Waals surface area contributed by atoms with Crippen molar-refractivity contribution in [3.63, 3.8) is 0 Å². The Morgan fingerprint density at radius 2 is 1.63 bits per heavy atom. The normalized spacial score (nSPS) is 10.6. The van der Waals surface area contributed by atoms with E-state index in [9.17, 15) is 0 Å². The zero-order chi connectivity index (χ0) is 13.1. The fraction of sp³-hybridized carbons (Fsp3) is 0.0625. The van der Waals surface area contributed by atoms with Crippen LogP contribution in [0.2, 0.25) is 0 Å². The van der Waals surface area contributed by atoms with Crippen LogP contribution in [0.5, 0.6) is 0 Å². The Kier molecular flexibility index (Phi) is 3.76. The number of halogens is 1. The van der Waals surface area contributed by atoms with Gasteiger partial charge in [0.1, 0.15) is 5.01 Å². The number of nitrogens with zero attached hydrogens (tertiary/aromatic N) is 1. The summed E-state index contributed by atoms with van der Waals surface area (Å²) in [7, 11) is 0. The maximum atomic E-state index is 4.71. The Bertz CT molecular complexity index is 659. The van der Waals surface area contributed by atoms with Crippen molar-refractivity contribution >= 4 is 27.3 Å². The first-order valence-electron chi connectivity index (χ1n) is 6.03. The van der Waals surface area contributed by atoms with Gasteiger partial charge >= 0.3 is 0 Å². The Balaban J connectivity index is 1.92. The second-order valence-corrected chi connectivity index (χ2v) is 5.65. The molecule has 3 rings (SSSR count). The van der Waals surface area contributed by atoms with Crippen LogP contribution >= 0.6 is 27.3 Å². The summed E-state index contributed by atoms with van der Waals surface area (Å²) in [5.41, 5.74) is 4.67. The summed E-state index contributed by atoms with van der Waals surface area (Å²) in [5, 5.41) is 4.07. The van der Waals surface area contributed by atoms with Crippen molar-refractivity contribution in [2.75, 3.05) is 0 Å². The summed E-state index contributed by atoms with van der Waals surface area (Å²) in [6.45, 7) is 0. The van der Waals surface area contributed by atoms with Crippen molar-refractivity contribution < 1.29 is 0 Å². The highest BCUT2D eigenvalue weighted by Crippen LogP contribution is 2.28. The summed E-state index contributed by atoms with van der Waals surface area (Å²) in [6.07, 6.45) is 0. The number of aromatic nitrogens is 1. The van der Waals surface area contributed by atoms with Gasteiger partial charge < -0.3 is 0 Å². The highest BCUT2D eigenvalue weighted by molar-refractivity contribution is 9.08. The molecule has 0 spiro atoms. The monoisotopic (exact) mass is 329 g/mol. The van der Waals surface area contributed by atoms with E-state index in [1.807, 2.05) is 18.2 Å². The standard InChI is InChI=1S/C16H12BrNS/c17-10-12-6-8-13(9-7-12)15-11-19-16(18-15)14-4-2-1-3-5-14/h1-9,11H,10H2. The van der Waals surface area contributed by atoms with Crippen molar-refractivity contribution in [2.24, 2.45) is 0 Å². The maximum Gasteiger partial charge on any atom is 0.124 e. The van der Waals surface area contributed by atoms with E-state index in [2.05, 4.69) is 57.7 Å². The average Bonchev–Trinajstić information content (AvgIpc) is 2.98. The van der Waals surface area contributed by atoms with Gasteiger partial charge in [-0.2, -0.15) is 0 Å². The van der Waals surface area contributed by atoms with Gasteiger partial charge in [-0.25, -0.2) is 4.98 Å². The molecule has 0 fully saturated rings. The summed E-state index contributed by atoms with van der Waals surface area (Å²) >= 11 is 5.15. The molecule has 0 atom stereocenters. The number of alkyl halides is 1. The first-order chi connectivity index (χ1) is 9.36. The minimum Gasteiger partial charge on any atom is -0.236 e. The molecule has 0 N–H and O–H groups in total. The van der Waals surface area contributed by atoms with Crippen LogP contribution < -0.4 is 0 Å². The molecule has 19 heavy (non-hydrogen) atoms. The molecule has 1 aromatic heterocycles. The zero-order valence-electron chi connectivity index (χ0n) is 10.2. The van der Waals surface area contributed by atoms with E-state index in [0.717, 1.165) is 16.0 Å². The van der Waals surface area contributed by atoms with Crippen LogP contribution in [0.25, 0.3) is 21.8 Å². The molecule has 0 saturated heterocycles. The predicted molar refractivity (Wildman–Crippen MR) is 85.6 cm³/mol. The van der Waals surface area contributed by atoms with Crippen molar-refractivity contribution in [1.29, 1.82) is 0 Å². The van der Waals surface area contributed by atoms with Gasteiger partial charge in [-0.3, -0.25) is 0 Å². The van der Waals surface area contributed by atoms with E-state index < -0.39 is 0 Å². The minimum atomic E-state index is 0.889. The third-order valence-electron chi connectivity index (χ3n) is 2.93. The highest BCUT2D eigenvalue weighted by Gasteiger charge is 2.06. The lowest BCUT2D eigenvalue weighted by Crippen LogP contribution is -1.81. The fourth-order valence-electron chi connectivity index (χ4n) is 1.88. The summed E-state index contributed by atoms with van der Waals surface area (Å²) in [4.78, 5) is 4.71. The number of thiazole rings is 1. The molecular formula is C16H12BrNS. The van der Waals surface area contributed by atoms with Crippen LogP contribution in [0.1, 0.15) is 5.56 Å². The molecule has 0 aliphatic heterocycles. The molecule has 0 bridgehead atoms. The van der Waals surface area contributed by atoms with E-state index >= 15 is 0 Å². The third-order valence-corrected chi connectivity index (χ3v) is 4.47. The van der Waals surface area contributed by atoms with Crippen LogP contribution in [-0.4, -0.2) is 4.98 Å². The van der Waals surface area contributed by atoms with Gasteiger partial charge in [-0.15, -0.1) is 11.3 Å². The molecule has 0 aliphatic carbocycles. The largest absolute Gasteiger partial charge is 0.236 e. The van der Waals surface area contributed by atoms with Gasteiger partial charge in [-0.1, -0.05) is 70.5 Å². The number of benzene rings is 2. The molecule has 3 aromatic rings. The van der Waals surface area contributed by atoms with Crippen LogP contribution in [0, 0.1) is 0 Å². The Morgan fingerprint density at radius 3 is 2.32 bits per heavy atom. The lowest BCUT2D eigenvalue weighted by atomic mass is 10.1. The zero-order valence-corrected chi connectivity index (χ0v) is 12.6. The van der Waals surface area contributed by atoms with E-state index in [4.69, 9.17) is 4.98 Å². The van der Waals surface area contributed by atoms with Crippen LogP contribution in [-0.2, 0) is 5.33 Å². The molecule has 1 nitrogen and oxygen atoms in total. The molecule has 0 saturated carbocycles. The van der Waals surface area contributed by atoms with Gasteiger partial charge in [0.15, 0.2) is 0 Å². The van der Waals surface area contributed by atoms with Gasteiger partial charge in [0, 0.05) is 21.8 Å². The second-order valence-electron chi connectivity index (χ2n) is 4.23. The first-order valence-corrected chi connectivity index (χ1v) is 8.03. The SMILES string of the molecule is BrCc1ccc(-c2csc(-c3ccccc3)n2)cc1. The lowest BCUT2D eigenvalue weighted by Gasteiger charge is -1.99. The molecule has 0 aliphatic rings. The van der Waals surface area contributed by atoms with Gasteiger partial charge in [0.25, 0.3) is 0 Å². The van der Waals surface area contributed by atoms with Crippen LogP contribution in [0.4, 0.5) is 0 Å². The van der Waals surface area contributed by atoms with Crippen LogP contribution in [0.15, 0.2) is 60.0 Å². The highest BCUT2D eigenvalue weighted by atomic mass is 79.9. The van der Waals surface area contributed by atoms with Crippen LogP contribution in [0.3, 0.4) is 0 Å². The van der Waals surface area contributed by atoms with E-state index in [1.165, 1.54) is 16.7 Å². The first kappa shape index (κ1) is 12.6. The summed E-state index contributed by atoms with van der Waals surface area (Å²) in [5.74, 6) is 0. The van der Waals surface area contributed by atoms with Crippen molar-refractivity contribution in [3.05, 3.63) is 65.5 Å². The van der Waals surface area contributed by atoms with Crippen molar-refractivity contribution in [3.8, 4) is 21.8 Å². The molecule has 0 amide bonds. The molecule has 0 radical (unpaired) electrons. The Morgan fingerprint density at radius 1 is 0.895 bits per heavy atom. The fourth-order valence-corrected chi connectivity index (χ4v) is 3.09. The molecule has 3 heteroatoms. The average molecular weight is 330 g/mol. The van der Waals surface area contributed by atoms with E-state index in [1.54, 1.807) is 11.3 Å². The molecule has 0 unspecified atom stereocenters. The Labute approximate surface area is 125 Å². The van der Waals surface area contributed by atoms with E-state index in [-0.39, 0.29) is 0 Å². The lowest BCUT2D eigenvalue weighted by molar-refractivity contribution is 1.38. The van der Waals surface area contributed by atoms with Gasteiger partial charge in [0.05, 0.1) is 5.69 Å². The number of hydrogen-bond donors (Lipinski definition) is 0. The topological polar surface area (TPSA) is 12.9 Å². The van der Waals surface area contributed by atoms with Crippen molar-refractivity contribution in [1.82, 2.24) is 4.98 Å². The third kappa shape index (κ3) is 2.77. The number of hydrogen-bond acceptors (Lipinski definition) is 2. The van der Waals surface area contributed by atoms with Gasteiger partial charge in [-0.05, 0) is 5.56 Å². The molecule has 1 heterocycles. The Hall–Kier alpha value is -1.45. The maximum absolute atomic E-state index is 4.71. The number of rotatable bonds is 3. The quantitative estimate of drug-likeness (QED) is 0.588. The van der Waals surface area contributed by atoms with Gasteiger partial charge in [0.2, 0.25) is 0 Å². The van der Waals surface area contributed by atoms with Crippen molar-refractivity contribution in [2.45, 2.75) is 5.33 Å².